The predicted octanol–water partition coefficient (Wildman–Crippen LogP) is 13.5. The van der Waals surface area contributed by atoms with Gasteiger partial charge in [-0.3, -0.25) is 28.8 Å². The van der Waals surface area contributed by atoms with E-state index in [1.54, 1.807) is 58.0 Å². The summed E-state index contributed by atoms with van der Waals surface area (Å²) in [5.74, 6) is -1.54. The third-order valence-electron chi connectivity index (χ3n) is 22.5. The number of esters is 2. The van der Waals surface area contributed by atoms with Gasteiger partial charge in [-0.25, -0.2) is 29.1 Å². The minimum absolute atomic E-state index is 0.0377. The normalized spacial score (nSPS) is 17.7. The first-order valence-electron chi connectivity index (χ1n) is 39.6. The molecule has 4 fully saturated rings. The first-order valence-corrected chi connectivity index (χ1v) is 39.6. The SMILES string of the molecule is COC(=O)N[C@H](C(=O)N1CCC[C@H]1C(=O)OCC(=O)c1ccc(-c2ccc(C(=O)COC(=O)[C@@H]3CCCN3C(=O)[C@@H](NC(=O)OC)C(C)C)c3c2CCCC3)cc1)C(C)C.O=C(Cc1ccccc1)N1CCC[C@H]1c1ncc(-c2ccc(-c3ccc(-c4cnc([C@@H]5CCCN5C(=O)Cc5ccccc5)[nH]4)c4ccccc34)cc2)[nH]1. The number of likely N-dealkylation sites (tertiary alicyclic amines) is 4. The van der Waals surface area contributed by atoms with Gasteiger partial charge >= 0.3 is 24.1 Å². The summed E-state index contributed by atoms with van der Waals surface area (Å²) in [6, 6.07) is 48.2. The Bertz CT molecular complexity index is 5000. The maximum atomic E-state index is 13.6. The number of benzene rings is 7. The molecule has 592 valence electrons. The number of hydrogen-bond acceptors (Lipinski definition) is 16. The molecule has 1 aliphatic carbocycles. The molecule has 4 aliphatic heterocycles. The lowest BCUT2D eigenvalue weighted by Gasteiger charge is -2.29. The molecule has 4 N–H and O–H groups in total. The quantitative estimate of drug-likeness (QED) is 0.0248. The lowest BCUT2D eigenvalue weighted by molar-refractivity contribution is -0.153. The zero-order valence-corrected chi connectivity index (χ0v) is 65.3. The summed E-state index contributed by atoms with van der Waals surface area (Å²) in [5, 5.41) is 7.38. The first kappa shape index (κ1) is 80.0. The summed E-state index contributed by atoms with van der Waals surface area (Å²) < 4.78 is 20.3. The fourth-order valence-corrected chi connectivity index (χ4v) is 16.5. The van der Waals surface area contributed by atoms with Crippen LogP contribution in [0.5, 0.6) is 0 Å². The second kappa shape index (κ2) is 36.6. The monoisotopic (exact) mass is 1540 g/mol. The number of fused-ring (bicyclic) bond motifs is 2. The Morgan fingerprint density at radius 3 is 1.38 bits per heavy atom. The molecule has 7 aromatic carbocycles. The number of alkyl carbamates (subject to hydrolysis) is 2. The van der Waals surface area contributed by atoms with Crippen molar-refractivity contribution >= 4 is 70.1 Å². The van der Waals surface area contributed by atoms with Crippen LogP contribution in [-0.4, -0.2) is 177 Å². The number of nitrogens with one attached hydrogen (secondary N) is 4. The molecule has 6 heterocycles. The van der Waals surface area contributed by atoms with E-state index in [2.05, 4.69) is 90.7 Å². The number of Topliss-reactive ketones (excluding diaryl/α,β-unsaturated/α-hetero) is 2. The molecule has 0 radical (unpaired) electrons. The van der Waals surface area contributed by atoms with Crippen LogP contribution in [0.3, 0.4) is 0 Å². The van der Waals surface area contributed by atoms with Crippen LogP contribution in [0.1, 0.15) is 159 Å². The highest BCUT2D eigenvalue weighted by atomic mass is 16.6. The summed E-state index contributed by atoms with van der Waals surface area (Å²) >= 11 is 0. The molecule has 2 aromatic heterocycles. The van der Waals surface area contributed by atoms with Crippen LogP contribution in [0.2, 0.25) is 0 Å². The van der Waals surface area contributed by atoms with Crippen molar-refractivity contribution in [2.75, 3.05) is 53.6 Å². The Labute approximate surface area is 663 Å². The molecular weight excluding hydrogens is 1450 g/mol. The number of imidazole rings is 2. The molecule has 114 heavy (non-hydrogen) atoms. The Morgan fingerprint density at radius 2 is 0.860 bits per heavy atom. The van der Waals surface area contributed by atoms with Gasteiger partial charge in [0.1, 0.15) is 35.8 Å². The largest absolute Gasteiger partial charge is 0.456 e. The van der Waals surface area contributed by atoms with Crippen molar-refractivity contribution in [2.24, 2.45) is 11.8 Å². The molecule has 14 rings (SSSR count). The number of carbonyl (C=O) groups is 10. The topological polar surface area (TPSA) is 302 Å². The standard InChI is InChI=1S/C46H42N6O2.C44H56N4O12/c53-43(27-31-11-3-1-4-12-31)51-25-9-17-41(51)45-47-29-39(49-45)34-21-19-33(20-22-34)35-23-24-38(37-16-8-7-15-36(35)37)40-30-48-46(50-40)42-18-10-26-52(42)44(54)28-32-13-5-2-6-14-32;1-25(2)37(45-43(55)57-5)39(51)47-21-9-13-33(47)41(53)59-23-35(49)28-17-15-27(16-18-28)29-19-20-32(31-12-8-7-11-30(29)31)36(50)24-60-42(54)34-14-10-22-48(34)40(52)38(26(3)4)46-44(56)58-6/h1-8,11-16,19-24,29-30,41-42H,9-10,17-18,25-28H2,(H,47,49)(H,48,50);15-20,25-26,33-34,37-38H,7-14,21-24H2,1-6H3,(H,45,55)(H,46,56)/t41-,42-;33-,34-,37-,38-/m00/s1. The molecule has 9 aromatic rings. The van der Waals surface area contributed by atoms with Crippen molar-refractivity contribution in [3.05, 3.63) is 215 Å². The number of H-pyrrole nitrogens is 2. The maximum Gasteiger partial charge on any atom is 0.407 e. The van der Waals surface area contributed by atoms with Gasteiger partial charge in [0, 0.05) is 42.9 Å². The van der Waals surface area contributed by atoms with Gasteiger partial charge in [-0.2, -0.15) is 0 Å². The third-order valence-corrected chi connectivity index (χ3v) is 22.5. The Kier molecular flexibility index (Phi) is 25.7. The van der Waals surface area contributed by atoms with E-state index in [0.717, 1.165) is 147 Å². The van der Waals surface area contributed by atoms with E-state index in [9.17, 15) is 47.9 Å². The average Bonchev–Trinajstić information content (AvgIpc) is 1.28. The summed E-state index contributed by atoms with van der Waals surface area (Å²) in [7, 11) is 2.41. The number of ether oxygens (including phenoxy) is 4. The van der Waals surface area contributed by atoms with E-state index < -0.39 is 79.1 Å². The van der Waals surface area contributed by atoms with E-state index in [-0.39, 0.29) is 41.5 Å². The number of ketones is 2. The predicted molar refractivity (Wildman–Crippen MR) is 429 cm³/mol. The van der Waals surface area contributed by atoms with Gasteiger partial charge in [-0.1, -0.05) is 185 Å². The molecular formula is C90H98N10O14. The summed E-state index contributed by atoms with van der Waals surface area (Å²) in [6.07, 6.45) is 11.9. The van der Waals surface area contributed by atoms with E-state index in [4.69, 9.17) is 19.4 Å². The number of aromatic nitrogens is 4. The average molecular weight is 1540 g/mol. The van der Waals surface area contributed by atoms with Gasteiger partial charge in [0.15, 0.2) is 19.0 Å². The maximum absolute atomic E-state index is 13.6. The highest BCUT2D eigenvalue weighted by molar-refractivity contribution is 6.05. The molecule has 6 atom stereocenters. The van der Waals surface area contributed by atoms with Crippen LogP contribution in [0.4, 0.5) is 9.59 Å². The molecule has 6 amide bonds. The van der Waals surface area contributed by atoms with Gasteiger partial charge in [0.05, 0.1) is 62.9 Å². The molecule has 24 nitrogen and oxygen atoms in total. The summed E-state index contributed by atoms with van der Waals surface area (Å²) in [4.78, 5) is 154. The lowest BCUT2D eigenvalue weighted by Crippen LogP contribution is -2.54. The number of hydrogen-bond donors (Lipinski definition) is 4. The van der Waals surface area contributed by atoms with Crippen molar-refractivity contribution < 1.29 is 66.9 Å². The van der Waals surface area contributed by atoms with Crippen LogP contribution < -0.4 is 10.6 Å². The van der Waals surface area contributed by atoms with Crippen LogP contribution in [0.25, 0.3) is 55.5 Å². The Hall–Kier alpha value is -12.1. The van der Waals surface area contributed by atoms with Crippen molar-refractivity contribution in [2.45, 2.75) is 154 Å². The van der Waals surface area contributed by atoms with E-state index >= 15 is 0 Å². The Balaban J connectivity index is 0.000000200. The minimum Gasteiger partial charge on any atom is -0.456 e. The van der Waals surface area contributed by atoms with Crippen LogP contribution in [-0.2, 0) is 73.4 Å². The molecule has 0 spiro atoms. The van der Waals surface area contributed by atoms with E-state index in [1.807, 2.05) is 88.9 Å². The van der Waals surface area contributed by atoms with Gasteiger partial charge in [0.25, 0.3) is 0 Å². The van der Waals surface area contributed by atoms with Crippen molar-refractivity contribution in [3.8, 4) is 44.8 Å². The number of methoxy groups -OCH3 is 2. The Morgan fingerprint density at radius 1 is 0.439 bits per heavy atom. The zero-order chi connectivity index (χ0) is 80.1. The molecule has 24 heteroatoms. The van der Waals surface area contributed by atoms with Gasteiger partial charge in [-0.15, -0.1) is 0 Å². The number of aromatic amines is 2. The molecule has 4 saturated heterocycles. The number of amides is 6. The van der Waals surface area contributed by atoms with Crippen molar-refractivity contribution in [1.82, 2.24) is 50.2 Å². The van der Waals surface area contributed by atoms with Crippen LogP contribution in [0.15, 0.2) is 170 Å². The van der Waals surface area contributed by atoms with Crippen molar-refractivity contribution in [3.63, 3.8) is 0 Å². The first-order chi connectivity index (χ1) is 55.2. The third kappa shape index (κ3) is 18.2. The molecule has 0 bridgehead atoms. The molecule has 0 unspecified atom stereocenters. The fraction of sp³-hybridized carbons (Fsp3) is 0.378. The van der Waals surface area contributed by atoms with E-state index in [1.165, 1.54) is 24.0 Å². The number of nitrogens with zero attached hydrogens (tertiary/aromatic N) is 6. The highest BCUT2D eigenvalue weighted by Crippen LogP contribution is 2.40. The smallest absolute Gasteiger partial charge is 0.407 e. The van der Waals surface area contributed by atoms with Crippen molar-refractivity contribution in [1.29, 1.82) is 0 Å². The van der Waals surface area contributed by atoms with E-state index in [0.29, 0.717) is 69.2 Å². The highest BCUT2D eigenvalue weighted by Gasteiger charge is 2.43. The van der Waals surface area contributed by atoms with Crippen LogP contribution >= 0.6 is 0 Å². The number of carbonyl (C=O) groups excluding carboxylic acids is 10. The number of rotatable bonds is 24. The summed E-state index contributed by atoms with van der Waals surface area (Å²) in [5.41, 5.74) is 12.8. The summed E-state index contributed by atoms with van der Waals surface area (Å²) in [6.45, 7) is 8.24. The molecule has 5 aliphatic rings. The van der Waals surface area contributed by atoms with Gasteiger partial charge in [-0.05, 0) is 150 Å². The van der Waals surface area contributed by atoms with Crippen LogP contribution in [0, 0.1) is 11.8 Å². The second-order valence-electron chi connectivity index (χ2n) is 30.5. The lowest BCUT2D eigenvalue weighted by atomic mass is 9.82. The minimum atomic E-state index is -0.894. The zero-order valence-electron chi connectivity index (χ0n) is 65.3. The second-order valence-corrected chi connectivity index (χ2v) is 30.5. The fourth-order valence-electron chi connectivity index (χ4n) is 16.5. The molecule has 0 saturated carbocycles. The van der Waals surface area contributed by atoms with Gasteiger partial charge < -0.3 is 59.1 Å². The van der Waals surface area contributed by atoms with Gasteiger partial charge in [0.2, 0.25) is 29.4 Å².